The standard InChI is InChI=1S/C11H17N3O3/c1-11(12,6-2-3-6)10(17)13-7-4-5-8(15)14-9(7)16/h6-7H,2-5,12H2,1H3,(H,13,17)(H,14,15,16). The Hall–Kier alpha value is -1.43. The molecule has 2 fully saturated rings. The highest BCUT2D eigenvalue weighted by Crippen LogP contribution is 2.38. The van der Waals surface area contributed by atoms with Crippen molar-refractivity contribution in [1.29, 1.82) is 0 Å². The molecule has 4 N–H and O–H groups in total. The number of nitrogens with two attached hydrogens (primary N) is 1. The third kappa shape index (κ3) is 2.46. The first-order valence-corrected chi connectivity index (χ1v) is 5.85. The normalized spacial score (nSPS) is 28.2. The maximum absolute atomic E-state index is 11.9. The van der Waals surface area contributed by atoms with E-state index >= 15 is 0 Å². The number of hydrogen-bond donors (Lipinski definition) is 3. The fourth-order valence-corrected chi connectivity index (χ4v) is 2.01. The highest BCUT2D eigenvalue weighted by molar-refractivity contribution is 6.02. The van der Waals surface area contributed by atoms with Crippen molar-refractivity contribution >= 4 is 17.7 Å². The van der Waals surface area contributed by atoms with Gasteiger partial charge in [0.1, 0.15) is 6.04 Å². The Balaban J connectivity index is 1.94. The van der Waals surface area contributed by atoms with E-state index in [-0.39, 0.29) is 24.2 Å². The molecule has 1 heterocycles. The van der Waals surface area contributed by atoms with E-state index in [0.29, 0.717) is 6.42 Å². The SMILES string of the molecule is CC(N)(C(=O)NC1CCC(=O)NC1=O)C1CC1. The topological polar surface area (TPSA) is 101 Å². The van der Waals surface area contributed by atoms with Gasteiger partial charge in [-0.2, -0.15) is 0 Å². The zero-order valence-corrected chi connectivity index (χ0v) is 9.79. The van der Waals surface area contributed by atoms with Crippen LogP contribution in [0.5, 0.6) is 0 Å². The molecular weight excluding hydrogens is 222 g/mol. The van der Waals surface area contributed by atoms with Gasteiger partial charge in [0.25, 0.3) is 0 Å². The average Bonchev–Trinajstić information content (AvgIpc) is 3.05. The molecule has 2 unspecified atom stereocenters. The highest BCUT2D eigenvalue weighted by Gasteiger charge is 2.45. The molecule has 0 aromatic carbocycles. The second-order valence-corrected chi connectivity index (χ2v) is 5.03. The van der Waals surface area contributed by atoms with Crippen LogP contribution in [0.3, 0.4) is 0 Å². The van der Waals surface area contributed by atoms with Crippen LogP contribution in [-0.2, 0) is 14.4 Å². The van der Waals surface area contributed by atoms with Gasteiger partial charge in [0.05, 0.1) is 5.54 Å². The van der Waals surface area contributed by atoms with Crippen LogP contribution in [0.2, 0.25) is 0 Å². The van der Waals surface area contributed by atoms with Gasteiger partial charge in [0.2, 0.25) is 17.7 Å². The molecule has 0 spiro atoms. The van der Waals surface area contributed by atoms with E-state index in [1.54, 1.807) is 6.92 Å². The van der Waals surface area contributed by atoms with Crippen molar-refractivity contribution in [2.75, 3.05) is 0 Å². The Kier molecular flexibility index (Phi) is 2.91. The third-order valence-corrected chi connectivity index (χ3v) is 3.46. The number of rotatable bonds is 3. The molecule has 2 aliphatic rings. The first-order chi connectivity index (χ1) is 7.91. The summed E-state index contributed by atoms with van der Waals surface area (Å²) in [5.41, 5.74) is 5.03. The van der Waals surface area contributed by atoms with E-state index < -0.39 is 17.5 Å². The van der Waals surface area contributed by atoms with Crippen molar-refractivity contribution in [3.8, 4) is 0 Å². The number of piperidine rings is 1. The molecule has 1 saturated carbocycles. The Morgan fingerprint density at radius 2 is 2.06 bits per heavy atom. The number of carbonyl (C=O) groups is 3. The van der Waals surface area contributed by atoms with Crippen LogP contribution in [0.4, 0.5) is 0 Å². The highest BCUT2D eigenvalue weighted by atomic mass is 16.2. The maximum Gasteiger partial charge on any atom is 0.249 e. The smallest absolute Gasteiger partial charge is 0.249 e. The summed E-state index contributed by atoms with van der Waals surface area (Å²) in [5.74, 6) is -0.843. The fraction of sp³-hybridized carbons (Fsp3) is 0.727. The second kappa shape index (κ2) is 4.10. The number of hydrogen-bond acceptors (Lipinski definition) is 4. The van der Waals surface area contributed by atoms with Gasteiger partial charge in [-0.05, 0) is 32.1 Å². The summed E-state index contributed by atoms with van der Waals surface area (Å²) in [7, 11) is 0. The predicted octanol–water partition coefficient (Wildman–Crippen LogP) is -0.965. The fourth-order valence-electron chi connectivity index (χ4n) is 2.01. The minimum Gasteiger partial charge on any atom is -0.343 e. The minimum atomic E-state index is -0.915. The molecular formula is C11H17N3O3. The van der Waals surface area contributed by atoms with Gasteiger partial charge in [-0.3, -0.25) is 19.7 Å². The van der Waals surface area contributed by atoms with Crippen LogP contribution in [0.15, 0.2) is 0 Å². The molecule has 0 aromatic rings. The predicted molar refractivity (Wildman–Crippen MR) is 59.6 cm³/mol. The summed E-state index contributed by atoms with van der Waals surface area (Å²) in [6.45, 7) is 1.69. The monoisotopic (exact) mass is 239 g/mol. The van der Waals surface area contributed by atoms with Crippen molar-refractivity contribution in [3.63, 3.8) is 0 Å². The van der Waals surface area contributed by atoms with Gasteiger partial charge in [0.15, 0.2) is 0 Å². The molecule has 1 aliphatic carbocycles. The first kappa shape index (κ1) is 12.0. The summed E-state index contributed by atoms with van der Waals surface area (Å²) >= 11 is 0. The van der Waals surface area contributed by atoms with E-state index in [0.717, 1.165) is 12.8 Å². The zero-order valence-electron chi connectivity index (χ0n) is 9.79. The Morgan fingerprint density at radius 1 is 1.41 bits per heavy atom. The van der Waals surface area contributed by atoms with Gasteiger partial charge in [-0.25, -0.2) is 0 Å². The number of imide groups is 1. The lowest BCUT2D eigenvalue weighted by Gasteiger charge is -2.28. The summed E-state index contributed by atoms with van der Waals surface area (Å²) in [5, 5.41) is 4.82. The number of carbonyl (C=O) groups excluding carboxylic acids is 3. The molecule has 1 saturated heterocycles. The molecule has 17 heavy (non-hydrogen) atoms. The van der Waals surface area contributed by atoms with Crippen molar-refractivity contribution in [2.45, 2.75) is 44.2 Å². The van der Waals surface area contributed by atoms with Crippen molar-refractivity contribution < 1.29 is 14.4 Å². The molecule has 2 atom stereocenters. The Morgan fingerprint density at radius 3 is 2.59 bits per heavy atom. The first-order valence-electron chi connectivity index (χ1n) is 5.85. The van der Waals surface area contributed by atoms with Gasteiger partial charge in [-0.15, -0.1) is 0 Å². The second-order valence-electron chi connectivity index (χ2n) is 5.03. The molecule has 0 bridgehead atoms. The summed E-state index contributed by atoms with van der Waals surface area (Å²) in [6.07, 6.45) is 2.50. The minimum absolute atomic E-state index is 0.204. The van der Waals surface area contributed by atoms with Crippen LogP contribution < -0.4 is 16.4 Å². The lowest BCUT2D eigenvalue weighted by atomic mass is 9.95. The summed E-state index contributed by atoms with van der Waals surface area (Å²) in [6, 6.07) is -0.637. The number of nitrogens with one attached hydrogen (secondary N) is 2. The zero-order chi connectivity index (χ0) is 12.6. The molecule has 94 valence electrons. The van der Waals surface area contributed by atoms with Crippen LogP contribution in [0, 0.1) is 5.92 Å². The van der Waals surface area contributed by atoms with Gasteiger partial charge in [0, 0.05) is 6.42 Å². The van der Waals surface area contributed by atoms with E-state index in [9.17, 15) is 14.4 Å². The number of amides is 3. The van der Waals surface area contributed by atoms with Gasteiger partial charge < -0.3 is 11.1 Å². The molecule has 2 rings (SSSR count). The van der Waals surface area contributed by atoms with Crippen molar-refractivity contribution in [2.24, 2.45) is 11.7 Å². The summed E-state index contributed by atoms with van der Waals surface area (Å²) in [4.78, 5) is 34.4. The molecule has 0 radical (unpaired) electrons. The Bertz CT molecular complexity index is 374. The summed E-state index contributed by atoms with van der Waals surface area (Å²) < 4.78 is 0. The largest absolute Gasteiger partial charge is 0.343 e. The molecule has 6 nitrogen and oxygen atoms in total. The van der Waals surface area contributed by atoms with Crippen LogP contribution in [-0.4, -0.2) is 29.3 Å². The van der Waals surface area contributed by atoms with Gasteiger partial charge >= 0.3 is 0 Å². The van der Waals surface area contributed by atoms with Crippen molar-refractivity contribution in [1.82, 2.24) is 10.6 Å². The lowest BCUT2D eigenvalue weighted by Crippen LogP contribution is -2.60. The van der Waals surface area contributed by atoms with Crippen LogP contribution in [0.25, 0.3) is 0 Å². The van der Waals surface area contributed by atoms with E-state index in [1.165, 1.54) is 0 Å². The quantitative estimate of drug-likeness (QED) is 0.552. The van der Waals surface area contributed by atoms with E-state index in [4.69, 9.17) is 5.73 Å². The third-order valence-electron chi connectivity index (χ3n) is 3.46. The van der Waals surface area contributed by atoms with Crippen LogP contribution >= 0.6 is 0 Å². The van der Waals surface area contributed by atoms with Crippen molar-refractivity contribution in [3.05, 3.63) is 0 Å². The Labute approximate surface area is 99.3 Å². The van der Waals surface area contributed by atoms with E-state index in [2.05, 4.69) is 10.6 Å². The van der Waals surface area contributed by atoms with E-state index in [1.807, 2.05) is 0 Å². The lowest BCUT2D eigenvalue weighted by molar-refractivity contribution is -0.138. The van der Waals surface area contributed by atoms with Gasteiger partial charge in [-0.1, -0.05) is 0 Å². The molecule has 0 aromatic heterocycles. The molecule has 6 heteroatoms. The molecule has 3 amide bonds. The van der Waals surface area contributed by atoms with Crippen LogP contribution in [0.1, 0.15) is 32.6 Å². The maximum atomic E-state index is 11.9. The average molecular weight is 239 g/mol. The molecule has 1 aliphatic heterocycles.